The SMILES string of the molecule is CCC1CCCCC1N1CCCCC1CC(=O)O. The van der Waals surface area contributed by atoms with Crippen molar-refractivity contribution in [3.8, 4) is 0 Å². The summed E-state index contributed by atoms with van der Waals surface area (Å²) in [5.41, 5.74) is 0. The maximum Gasteiger partial charge on any atom is 0.304 e. The van der Waals surface area contributed by atoms with Gasteiger partial charge in [-0.3, -0.25) is 9.69 Å². The van der Waals surface area contributed by atoms with Crippen LogP contribution in [0.25, 0.3) is 0 Å². The molecule has 3 unspecified atom stereocenters. The topological polar surface area (TPSA) is 40.5 Å². The molecule has 0 amide bonds. The highest BCUT2D eigenvalue weighted by atomic mass is 16.4. The molecule has 3 atom stereocenters. The van der Waals surface area contributed by atoms with Crippen LogP contribution in [-0.2, 0) is 4.79 Å². The van der Waals surface area contributed by atoms with Gasteiger partial charge in [-0.2, -0.15) is 0 Å². The number of carbonyl (C=O) groups is 1. The zero-order valence-corrected chi connectivity index (χ0v) is 11.6. The first kappa shape index (κ1) is 13.9. The number of hydrogen-bond donors (Lipinski definition) is 1. The van der Waals surface area contributed by atoms with E-state index in [1.54, 1.807) is 0 Å². The van der Waals surface area contributed by atoms with Gasteiger partial charge < -0.3 is 5.11 Å². The zero-order valence-electron chi connectivity index (χ0n) is 11.6. The minimum Gasteiger partial charge on any atom is -0.481 e. The third kappa shape index (κ3) is 3.25. The summed E-state index contributed by atoms with van der Waals surface area (Å²) in [4.78, 5) is 13.6. The number of carboxylic acids is 1. The molecule has 1 saturated carbocycles. The van der Waals surface area contributed by atoms with E-state index in [1.165, 1.54) is 44.9 Å². The van der Waals surface area contributed by atoms with Crippen LogP contribution in [0.3, 0.4) is 0 Å². The lowest BCUT2D eigenvalue weighted by molar-refractivity contribution is -0.139. The van der Waals surface area contributed by atoms with Crippen molar-refractivity contribution in [1.29, 1.82) is 0 Å². The van der Waals surface area contributed by atoms with Crippen LogP contribution < -0.4 is 0 Å². The molecule has 1 N–H and O–H groups in total. The Labute approximate surface area is 111 Å². The molecule has 1 aliphatic carbocycles. The maximum atomic E-state index is 11.0. The van der Waals surface area contributed by atoms with Crippen molar-refractivity contribution in [2.45, 2.75) is 76.8 Å². The quantitative estimate of drug-likeness (QED) is 0.836. The zero-order chi connectivity index (χ0) is 13.0. The van der Waals surface area contributed by atoms with Crippen LogP contribution in [0, 0.1) is 5.92 Å². The molecule has 3 nitrogen and oxygen atoms in total. The average molecular weight is 253 g/mol. The summed E-state index contributed by atoms with van der Waals surface area (Å²) >= 11 is 0. The summed E-state index contributed by atoms with van der Waals surface area (Å²) in [6.07, 6.45) is 10.5. The minimum atomic E-state index is -0.629. The number of hydrogen-bond acceptors (Lipinski definition) is 2. The van der Waals surface area contributed by atoms with E-state index < -0.39 is 5.97 Å². The summed E-state index contributed by atoms with van der Waals surface area (Å²) in [5.74, 6) is 0.170. The van der Waals surface area contributed by atoms with E-state index in [4.69, 9.17) is 5.11 Å². The monoisotopic (exact) mass is 253 g/mol. The standard InChI is InChI=1S/C15H27NO2/c1-2-12-7-3-4-9-14(12)16-10-6-5-8-13(16)11-15(17)18/h12-14H,2-11H2,1H3,(H,17,18). The van der Waals surface area contributed by atoms with Crippen LogP contribution in [0.15, 0.2) is 0 Å². The van der Waals surface area contributed by atoms with E-state index in [9.17, 15) is 4.79 Å². The Bertz CT molecular complexity index is 280. The summed E-state index contributed by atoms with van der Waals surface area (Å²) in [6.45, 7) is 3.41. The first-order chi connectivity index (χ1) is 8.72. The van der Waals surface area contributed by atoms with Crippen LogP contribution in [0.5, 0.6) is 0 Å². The molecule has 1 heterocycles. The van der Waals surface area contributed by atoms with E-state index in [2.05, 4.69) is 11.8 Å². The molecular weight excluding hydrogens is 226 g/mol. The number of piperidine rings is 1. The van der Waals surface area contributed by atoms with Crippen molar-refractivity contribution in [2.24, 2.45) is 5.92 Å². The molecule has 2 rings (SSSR count). The van der Waals surface area contributed by atoms with E-state index >= 15 is 0 Å². The largest absolute Gasteiger partial charge is 0.481 e. The molecular formula is C15H27NO2. The molecule has 3 heteroatoms. The number of rotatable bonds is 4. The van der Waals surface area contributed by atoms with Crippen LogP contribution in [0.2, 0.25) is 0 Å². The van der Waals surface area contributed by atoms with Gasteiger partial charge in [0.2, 0.25) is 0 Å². The summed E-state index contributed by atoms with van der Waals surface area (Å²) in [5, 5.41) is 9.08. The second-order valence-corrected chi connectivity index (χ2v) is 6.01. The normalized spacial score (nSPS) is 34.4. The Morgan fingerprint density at radius 2 is 1.89 bits per heavy atom. The van der Waals surface area contributed by atoms with Crippen molar-refractivity contribution in [3.05, 3.63) is 0 Å². The van der Waals surface area contributed by atoms with Crippen molar-refractivity contribution < 1.29 is 9.90 Å². The Kier molecular flexibility index (Phi) is 5.04. The molecule has 0 aromatic heterocycles. The third-order valence-electron chi connectivity index (χ3n) is 4.90. The fourth-order valence-electron chi connectivity index (χ4n) is 3.98. The van der Waals surface area contributed by atoms with E-state index in [1.807, 2.05) is 0 Å². The molecule has 2 aliphatic rings. The second-order valence-electron chi connectivity index (χ2n) is 6.01. The predicted octanol–water partition coefficient (Wildman–Crippen LogP) is 3.28. The highest BCUT2D eigenvalue weighted by Gasteiger charge is 2.35. The van der Waals surface area contributed by atoms with Gasteiger partial charge in [-0.25, -0.2) is 0 Å². The van der Waals surface area contributed by atoms with Gasteiger partial charge >= 0.3 is 5.97 Å². The van der Waals surface area contributed by atoms with Gasteiger partial charge in [0.25, 0.3) is 0 Å². The summed E-state index contributed by atoms with van der Waals surface area (Å²) < 4.78 is 0. The molecule has 2 fully saturated rings. The molecule has 104 valence electrons. The van der Waals surface area contributed by atoms with Crippen LogP contribution in [-0.4, -0.2) is 34.6 Å². The second kappa shape index (κ2) is 6.55. The Hall–Kier alpha value is -0.570. The van der Waals surface area contributed by atoms with Crippen LogP contribution in [0.1, 0.15) is 64.7 Å². The van der Waals surface area contributed by atoms with Crippen LogP contribution >= 0.6 is 0 Å². The summed E-state index contributed by atoms with van der Waals surface area (Å²) in [6, 6.07) is 0.960. The van der Waals surface area contributed by atoms with Gasteiger partial charge in [0.1, 0.15) is 0 Å². The van der Waals surface area contributed by atoms with Gasteiger partial charge in [0.05, 0.1) is 6.42 Å². The molecule has 0 radical (unpaired) electrons. The number of likely N-dealkylation sites (tertiary alicyclic amines) is 1. The van der Waals surface area contributed by atoms with Crippen LogP contribution in [0.4, 0.5) is 0 Å². The smallest absolute Gasteiger partial charge is 0.304 e. The lowest BCUT2D eigenvalue weighted by atomic mass is 9.80. The van der Waals surface area contributed by atoms with E-state index in [-0.39, 0.29) is 0 Å². The molecule has 0 aromatic rings. The lowest BCUT2D eigenvalue weighted by Gasteiger charge is -2.46. The predicted molar refractivity (Wildman–Crippen MR) is 72.6 cm³/mol. The summed E-state index contributed by atoms with van der Waals surface area (Å²) in [7, 11) is 0. The first-order valence-electron chi connectivity index (χ1n) is 7.70. The van der Waals surface area contributed by atoms with Crippen molar-refractivity contribution >= 4 is 5.97 Å². The van der Waals surface area contributed by atoms with Gasteiger partial charge in [-0.15, -0.1) is 0 Å². The van der Waals surface area contributed by atoms with E-state index in [0.717, 1.165) is 18.9 Å². The van der Waals surface area contributed by atoms with Crippen molar-refractivity contribution in [2.75, 3.05) is 6.54 Å². The lowest BCUT2D eigenvalue weighted by Crippen LogP contribution is -2.51. The minimum absolute atomic E-state index is 0.299. The Balaban J connectivity index is 2.04. The van der Waals surface area contributed by atoms with Gasteiger partial charge in [0, 0.05) is 12.1 Å². The molecule has 0 spiro atoms. The molecule has 1 aliphatic heterocycles. The Morgan fingerprint density at radius 3 is 2.61 bits per heavy atom. The molecule has 18 heavy (non-hydrogen) atoms. The number of carboxylic acid groups (broad SMARTS) is 1. The maximum absolute atomic E-state index is 11.0. The van der Waals surface area contributed by atoms with Gasteiger partial charge in [-0.05, 0) is 38.1 Å². The third-order valence-corrected chi connectivity index (χ3v) is 4.90. The van der Waals surface area contributed by atoms with E-state index in [0.29, 0.717) is 18.5 Å². The Morgan fingerprint density at radius 1 is 1.17 bits per heavy atom. The number of aliphatic carboxylic acids is 1. The molecule has 0 bridgehead atoms. The van der Waals surface area contributed by atoms with Crippen molar-refractivity contribution in [3.63, 3.8) is 0 Å². The molecule has 0 aromatic carbocycles. The fourth-order valence-corrected chi connectivity index (χ4v) is 3.98. The van der Waals surface area contributed by atoms with Crippen molar-refractivity contribution in [1.82, 2.24) is 4.90 Å². The first-order valence-corrected chi connectivity index (χ1v) is 7.70. The average Bonchev–Trinajstić information content (AvgIpc) is 2.39. The highest BCUT2D eigenvalue weighted by Crippen LogP contribution is 2.34. The van der Waals surface area contributed by atoms with Gasteiger partial charge in [0.15, 0.2) is 0 Å². The molecule has 1 saturated heterocycles. The number of nitrogens with zero attached hydrogens (tertiary/aromatic N) is 1. The fraction of sp³-hybridized carbons (Fsp3) is 0.933. The van der Waals surface area contributed by atoms with Gasteiger partial charge in [-0.1, -0.05) is 32.6 Å². The highest BCUT2D eigenvalue weighted by molar-refractivity contribution is 5.67.